The molecule has 5 nitrogen and oxygen atoms in total. The van der Waals surface area contributed by atoms with Gasteiger partial charge in [0, 0.05) is 18.8 Å². The number of ether oxygens (including phenoxy) is 1. The SMILES string of the molecule is COc1ccc(CSc2nnc(SCC(=O)N(CC(C)C)CC(C)C)s2)cc1. The molecule has 154 valence electrons. The van der Waals surface area contributed by atoms with Crippen LogP contribution in [0.15, 0.2) is 32.9 Å². The summed E-state index contributed by atoms with van der Waals surface area (Å²) in [5.74, 6) is 3.22. The first-order valence-corrected chi connectivity index (χ1v) is 12.2. The van der Waals surface area contributed by atoms with Crippen LogP contribution in [-0.2, 0) is 10.5 Å². The maximum absolute atomic E-state index is 12.6. The Kier molecular flexibility index (Phi) is 9.61. The molecule has 0 spiro atoms. The molecule has 2 aromatic rings. The lowest BCUT2D eigenvalue weighted by Gasteiger charge is -2.26. The number of nitrogens with zero attached hydrogens (tertiary/aromatic N) is 3. The van der Waals surface area contributed by atoms with Gasteiger partial charge in [-0.25, -0.2) is 0 Å². The zero-order chi connectivity index (χ0) is 20.5. The second-order valence-electron chi connectivity index (χ2n) is 7.35. The normalized spacial score (nSPS) is 11.2. The van der Waals surface area contributed by atoms with E-state index in [1.54, 1.807) is 30.2 Å². The summed E-state index contributed by atoms with van der Waals surface area (Å²) in [6.45, 7) is 10.2. The fourth-order valence-electron chi connectivity index (χ4n) is 2.56. The highest BCUT2D eigenvalue weighted by Crippen LogP contribution is 2.31. The van der Waals surface area contributed by atoms with E-state index in [0.717, 1.165) is 33.3 Å². The lowest BCUT2D eigenvalue weighted by molar-refractivity contribution is -0.129. The van der Waals surface area contributed by atoms with Gasteiger partial charge in [0.15, 0.2) is 8.68 Å². The standard InChI is InChI=1S/C20H29N3O2S3/c1-14(2)10-23(11-15(3)4)18(24)13-27-20-22-21-19(28-20)26-12-16-6-8-17(25-5)9-7-16/h6-9,14-15H,10-13H2,1-5H3. The number of thioether (sulfide) groups is 2. The molecule has 0 aliphatic heterocycles. The fourth-order valence-corrected chi connectivity index (χ4v) is 5.43. The zero-order valence-corrected chi connectivity index (χ0v) is 19.6. The molecule has 0 aliphatic rings. The van der Waals surface area contributed by atoms with Gasteiger partial charge in [-0.05, 0) is 29.5 Å². The van der Waals surface area contributed by atoms with Gasteiger partial charge in [0.1, 0.15) is 5.75 Å². The topological polar surface area (TPSA) is 55.3 Å². The summed E-state index contributed by atoms with van der Waals surface area (Å²) >= 11 is 4.69. The molecule has 0 radical (unpaired) electrons. The van der Waals surface area contributed by atoms with E-state index in [-0.39, 0.29) is 5.91 Å². The minimum Gasteiger partial charge on any atom is -0.497 e. The molecular weight excluding hydrogens is 410 g/mol. The molecule has 1 heterocycles. The van der Waals surface area contributed by atoms with Crippen molar-refractivity contribution < 1.29 is 9.53 Å². The van der Waals surface area contributed by atoms with Gasteiger partial charge in [-0.2, -0.15) is 0 Å². The second kappa shape index (κ2) is 11.7. The molecule has 1 amide bonds. The van der Waals surface area contributed by atoms with E-state index >= 15 is 0 Å². The molecule has 0 fully saturated rings. The van der Waals surface area contributed by atoms with Crippen molar-refractivity contribution in [1.29, 1.82) is 0 Å². The number of benzene rings is 1. The summed E-state index contributed by atoms with van der Waals surface area (Å²) in [6.07, 6.45) is 0. The summed E-state index contributed by atoms with van der Waals surface area (Å²) in [7, 11) is 1.67. The van der Waals surface area contributed by atoms with Gasteiger partial charge < -0.3 is 9.64 Å². The Morgan fingerprint density at radius 1 is 1.04 bits per heavy atom. The van der Waals surface area contributed by atoms with Crippen LogP contribution in [0.4, 0.5) is 0 Å². The highest BCUT2D eigenvalue weighted by atomic mass is 32.2. The molecule has 0 saturated heterocycles. The third kappa shape index (κ3) is 8.01. The van der Waals surface area contributed by atoms with E-state index < -0.39 is 0 Å². The number of hydrogen-bond donors (Lipinski definition) is 0. The Bertz CT molecular complexity index is 723. The van der Waals surface area contributed by atoms with E-state index in [2.05, 4.69) is 50.0 Å². The molecule has 1 aromatic carbocycles. The van der Waals surface area contributed by atoms with Crippen molar-refractivity contribution >= 4 is 40.8 Å². The van der Waals surface area contributed by atoms with Crippen LogP contribution >= 0.6 is 34.9 Å². The lowest BCUT2D eigenvalue weighted by atomic mass is 10.1. The van der Waals surface area contributed by atoms with Gasteiger partial charge in [-0.3, -0.25) is 4.79 Å². The smallest absolute Gasteiger partial charge is 0.233 e. The number of carbonyl (C=O) groups excluding carboxylic acids is 1. The van der Waals surface area contributed by atoms with Crippen LogP contribution in [-0.4, -0.2) is 47.0 Å². The van der Waals surface area contributed by atoms with Crippen molar-refractivity contribution in [2.24, 2.45) is 11.8 Å². The molecule has 0 bridgehead atoms. The predicted octanol–water partition coefficient (Wildman–Crippen LogP) is 5.07. The molecule has 0 unspecified atom stereocenters. The van der Waals surface area contributed by atoms with Gasteiger partial charge in [-0.1, -0.05) is 74.7 Å². The van der Waals surface area contributed by atoms with Gasteiger partial charge in [-0.15, -0.1) is 10.2 Å². The first kappa shape index (κ1) is 23.0. The van der Waals surface area contributed by atoms with E-state index in [9.17, 15) is 4.79 Å². The van der Waals surface area contributed by atoms with Crippen molar-refractivity contribution in [3.63, 3.8) is 0 Å². The zero-order valence-electron chi connectivity index (χ0n) is 17.2. The summed E-state index contributed by atoms with van der Waals surface area (Å²) in [5.41, 5.74) is 1.21. The maximum Gasteiger partial charge on any atom is 0.233 e. The fraction of sp³-hybridized carbons (Fsp3) is 0.550. The molecule has 2 rings (SSSR count). The average molecular weight is 440 g/mol. The molecule has 0 saturated carbocycles. The monoisotopic (exact) mass is 439 g/mol. The van der Waals surface area contributed by atoms with Gasteiger partial charge in [0.05, 0.1) is 12.9 Å². The van der Waals surface area contributed by atoms with E-state index in [1.807, 2.05) is 17.0 Å². The van der Waals surface area contributed by atoms with Gasteiger partial charge >= 0.3 is 0 Å². The molecule has 28 heavy (non-hydrogen) atoms. The first-order chi connectivity index (χ1) is 13.4. The van der Waals surface area contributed by atoms with Crippen molar-refractivity contribution in [3.05, 3.63) is 29.8 Å². The van der Waals surface area contributed by atoms with Crippen molar-refractivity contribution in [2.75, 3.05) is 26.0 Å². The quantitative estimate of drug-likeness (QED) is 0.456. The Labute approximate surface area is 180 Å². The predicted molar refractivity (Wildman–Crippen MR) is 119 cm³/mol. The van der Waals surface area contributed by atoms with E-state index in [0.29, 0.717) is 17.6 Å². The Morgan fingerprint density at radius 2 is 1.61 bits per heavy atom. The van der Waals surface area contributed by atoms with Crippen LogP contribution in [0.2, 0.25) is 0 Å². The minimum atomic E-state index is 0.176. The molecule has 1 aromatic heterocycles. The van der Waals surface area contributed by atoms with E-state index in [4.69, 9.17) is 4.74 Å². The largest absolute Gasteiger partial charge is 0.497 e. The molecule has 8 heteroatoms. The Hall–Kier alpha value is -1.25. The third-order valence-corrected chi connectivity index (χ3v) is 7.00. The molecule has 0 atom stereocenters. The summed E-state index contributed by atoms with van der Waals surface area (Å²) in [4.78, 5) is 14.6. The van der Waals surface area contributed by atoms with Crippen LogP contribution < -0.4 is 4.74 Å². The Balaban J connectivity index is 1.83. The van der Waals surface area contributed by atoms with Gasteiger partial charge in [0.25, 0.3) is 0 Å². The van der Waals surface area contributed by atoms with Crippen LogP contribution in [0.3, 0.4) is 0 Å². The molecular formula is C20H29N3O2S3. The molecule has 0 aliphatic carbocycles. The highest BCUT2D eigenvalue weighted by molar-refractivity contribution is 8.03. The summed E-state index contributed by atoms with van der Waals surface area (Å²) in [6, 6.07) is 8.03. The molecule has 0 N–H and O–H groups in total. The van der Waals surface area contributed by atoms with Crippen molar-refractivity contribution in [3.8, 4) is 5.75 Å². The summed E-state index contributed by atoms with van der Waals surface area (Å²) < 4.78 is 6.95. The number of amides is 1. The van der Waals surface area contributed by atoms with Crippen LogP contribution in [0.25, 0.3) is 0 Å². The lowest BCUT2D eigenvalue weighted by Crippen LogP contribution is -2.38. The van der Waals surface area contributed by atoms with Crippen LogP contribution in [0.5, 0.6) is 5.75 Å². The van der Waals surface area contributed by atoms with Crippen molar-refractivity contribution in [2.45, 2.75) is 42.1 Å². The van der Waals surface area contributed by atoms with Gasteiger partial charge in [0.2, 0.25) is 5.91 Å². The number of methoxy groups -OCH3 is 1. The third-order valence-electron chi connectivity index (χ3n) is 3.75. The number of rotatable bonds is 11. The average Bonchev–Trinajstić information content (AvgIpc) is 3.11. The highest BCUT2D eigenvalue weighted by Gasteiger charge is 2.17. The van der Waals surface area contributed by atoms with E-state index in [1.165, 1.54) is 17.3 Å². The van der Waals surface area contributed by atoms with Crippen LogP contribution in [0, 0.1) is 11.8 Å². The number of hydrogen-bond acceptors (Lipinski definition) is 7. The maximum atomic E-state index is 12.6. The van der Waals surface area contributed by atoms with Crippen LogP contribution in [0.1, 0.15) is 33.3 Å². The minimum absolute atomic E-state index is 0.176. The Morgan fingerprint density at radius 3 is 2.14 bits per heavy atom. The second-order valence-corrected chi connectivity index (χ2v) is 10.8. The van der Waals surface area contributed by atoms with Crippen molar-refractivity contribution in [1.82, 2.24) is 15.1 Å². The number of carbonyl (C=O) groups is 1. The summed E-state index contributed by atoms with van der Waals surface area (Å²) in [5, 5.41) is 8.47. The number of aromatic nitrogens is 2. The first-order valence-electron chi connectivity index (χ1n) is 9.37.